The molecule has 0 fully saturated rings. The van der Waals surface area contributed by atoms with Crippen molar-refractivity contribution in [1.82, 2.24) is 0 Å². The van der Waals surface area contributed by atoms with E-state index in [1.54, 1.807) is 30.3 Å². The lowest BCUT2D eigenvalue weighted by molar-refractivity contribution is 0.631. The Morgan fingerprint density at radius 2 is 1.76 bits per heavy atom. The van der Waals surface area contributed by atoms with Gasteiger partial charge in [0.15, 0.2) is 0 Å². The lowest BCUT2D eigenvalue weighted by Crippen LogP contribution is -1.88. The summed E-state index contributed by atoms with van der Waals surface area (Å²) in [4.78, 5) is 0. The third-order valence-corrected chi connectivity index (χ3v) is 3.62. The van der Waals surface area contributed by atoms with Crippen molar-refractivity contribution < 1.29 is 4.39 Å². The Balaban J connectivity index is 2.62. The van der Waals surface area contributed by atoms with Crippen molar-refractivity contribution >= 4 is 39.1 Å². The van der Waals surface area contributed by atoms with Gasteiger partial charge in [-0.05, 0) is 35.9 Å². The molecule has 0 aliphatic heterocycles. The summed E-state index contributed by atoms with van der Waals surface area (Å²) in [5.41, 5.74) is 2.06. The lowest BCUT2D eigenvalue weighted by atomic mass is 10.0. The highest BCUT2D eigenvalue weighted by molar-refractivity contribution is 9.08. The molecule has 88 valence electrons. The monoisotopic (exact) mass is 332 g/mol. The molecule has 0 unspecified atom stereocenters. The van der Waals surface area contributed by atoms with Gasteiger partial charge in [-0.1, -0.05) is 45.2 Å². The summed E-state index contributed by atoms with van der Waals surface area (Å²) in [6.45, 7) is 0. The number of alkyl halides is 1. The van der Waals surface area contributed by atoms with Crippen LogP contribution in [0.3, 0.4) is 0 Å². The summed E-state index contributed by atoms with van der Waals surface area (Å²) in [6.07, 6.45) is 0. The van der Waals surface area contributed by atoms with Gasteiger partial charge in [0, 0.05) is 26.5 Å². The molecule has 0 atom stereocenters. The first kappa shape index (κ1) is 12.9. The predicted molar refractivity (Wildman–Crippen MR) is 74.5 cm³/mol. The van der Waals surface area contributed by atoms with Crippen LogP contribution in [0.1, 0.15) is 5.56 Å². The first-order valence-corrected chi connectivity index (χ1v) is 6.79. The molecule has 0 aromatic heterocycles. The summed E-state index contributed by atoms with van der Waals surface area (Å²) in [5, 5.41) is 1.69. The van der Waals surface area contributed by atoms with Crippen LogP contribution in [0.4, 0.5) is 4.39 Å². The second-order valence-corrected chi connectivity index (χ2v) is 4.98. The van der Waals surface area contributed by atoms with Gasteiger partial charge in [0.2, 0.25) is 0 Å². The van der Waals surface area contributed by atoms with Gasteiger partial charge in [0.05, 0.1) is 0 Å². The minimum atomic E-state index is -0.307. The van der Waals surface area contributed by atoms with Gasteiger partial charge in [-0.2, -0.15) is 0 Å². The second-order valence-electron chi connectivity index (χ2n) is 3.57. The van der Waals surface area contributed by atoms with Gasteiger partial charge in [-0.25, -0.2) is 4.39 Å². The highest BCUT2D eigenvalue weighted by atomic mass is 79.9. The predicted octanol–water partition coefficient (Wildman–Crippen LogP) is 5.69. The molecule has 0 aliphatic carbocycles. The first-order chi connectivity index (χ1) is 8.11. The third-order valence-electron chi connectivity index (χ3n) is 2.40. The fourth-order valence-electron chi connectivity index (χ4n) is 1.57. The summed E-state index contributed by atoms with van der Waals surface area (Å²) in [7, 11) is 0. The van der Waals surface area contributed by atoms with E-state index in [1.165, 1.54) is 6.07 Å². The van der Waals surface area contributed by atoms with Crippen LogP contribution < -0.4 is 0 Å². The molecule has 2 aromatic carbocycles. The van der Waals surface area contributed by atoms with Gasteiger partial charge >= 0.3 is 0 Å². The maximum Gasteiger partial charge on any atom is 0.131 e. The van der Waals surface area contributed by atoms with Gasteiger partial charge in [0.25, 0.3) is 0 Å². The average molecular weight is 334 g/mol. The van der Waals surface area contributed by atoms with Crippen molar-refractivity contribution in [3.05, 3.63) is 57.8 Å². The molecule has 2 aromatic rings. The molecular weight excluding hydrogens is 326 g/mol. The quantitative estimate of drug-likeness (QED) is 0.619. The van der Waals surface area contributed by atoms with Crippen molar-refractivity contribution in [1.29, 1.82) is 0 Å². The fraction of sp³-hybridized carbons (Fsp3) is 0.0769. The van der Waals surface area contributed by atoms with E-state index in [4.69, 9.17) is 23.2 Å². The van der Waals surface area contributed by atoms with Crippen LogP contribution in [0.15, 0.2) is 36.4 Å². The topological polar surface area (TPSA) is 0 Å². The standard InChI is InChI=1S/C13H8BrCl2F/c14-7-8-1-4-13(17)11(5-8)10-6-9(15)2-3-12(10)16/h1-6H,7H2. The second kappa shape index (κ2) is 5.38. The Hall–Kier alpha value is -0.570. The van der Waals surface area contributed by atoms with Gasteiger partial charge in [0.1, 0.15) is 5.82 Å². The normalized spacial score (nSPS) is 10.6. The Morgan fingerprint density at radius 3 is 2.47 bits per heavy atom. The van der Waals surface area contributed by atoms with Crippen LogP contribution >= 0.6 is 39.1 Å². The minimum absolute atomic E-state index is 0.307. The number of halogens is 4. The molecule has 0 N–H and O–H groups in total. The molecule has 0 aliphatic rings. The number of hydrogen-bond donors (Lipinski definition) is 0. The van der Waals surface area contributed by atoms with Crippen LogP contribution in [-0.4, -0.2) is 0 Å². The van der Waals surface area contributed by atoms with E-state index >= 15 is 0 Å². The minimum Gasteiger partial charge on any atom is -0.206 e. The molecule has 0 nitrogen and oxygen atoms in total. The van der Waals surface area contributed by atoms with E-state index in [1.807, 2.05) is 0 Å². The molecule has 4 heteroatoms. The van der Waals surface area contributed by atoms with Gasteiger partial charge < -0.3 is 0 Å². The number of rotatable bonds is 2. The Kier molecular flexibility index (Phi) is 4.08. The van der Waals surface area contributed by atoms with Crippen molar-refractivity contribution in [3.63, 3.8) is 0 Å². The third kappa shape index (κ3) is 2.82. The largest absolute Gasteiger partial charge is 0.206 e. The maximum absolute atomic E-state index is 13.8. The zero-order valence-electron chi connectivity index (χ0n) is 8.68. The fourth-order valence-corrected chi connectivity index (χ4v) is 2.31. The van der Waals surface area contributed by atoms with E-state index in [9.17, 15) is 4.39 Å². The van der Waals surface area contributed by atoms with E-state index < -0.39 is 0 Å². The zero-order chi connectivity index (χ0) is 12.4. The first-order valence-electron chi connectivity index (χ1n) is 4.91. The van der Waals surface area contributed by atoms with Gasteiger partial charge in [-0.3, -0.25) is 0 Å². The van der Waals surface area contributed by atoms with E-state index in [-0.39, 0.29) is 5.82 Å². The molecule has 0 saturated carbocycles. The molecule has 0 bridgehead atoms. The summed E-state index contributed by atoms with van der Waals surface area (Å²) in [5.74, 6) is -0.307. The van der Waals surface area contributed by atoms with E-state index in [2.05, 4.69) is 15.9 Å². The Bertz CT molecular complexity index is 555. The molecule has 0 saturated heterocycles. The highest BCUT2D eigenvalue weighted by Gasteiger charge is 2.10. The maximum atomic E-state index is 13.8. The van der Waals surface area contributed by atoms with Crippen molar-refractivity contribution in [3.8, 4) is 11.1 Å². The van der Waals surface area contributed by atoms with Crippen LogP contribution in [0.2, 0.25) is 10.0 Å². The van der Waals surface area contributed by atoms with Crippen LogP contribution in [0.25, 0.3) is 11.1 Å². The Morgan fingerprint density at radius 1 is 1.00 bits per heavy atom. The molecule has 17 heavy (non-hydrogen) atoms. The van der Waals surface area contributed by atoms with Gasteiger partial charge in [-0.15, -0.1) is 0 Å². The van der Waals surface area contributed by atoms with E-state index in [0.717, 1.165) is 5.56 Å². The molecule has 2 rings (SSSR count). The van der Waals surface area contributed by atoms with Crippen LogP contribution in [0.5, 0.6) is 0 Å². The number of benzene rings is 2. The van der Waals surface area contributed by atoms with Crippen molar-refractivity contribution in [2.75, 3.05) is 0 Å². The Labute approximate surface area is 117 Å². The summed E-state index contributed by atoms with van der Waals surface area (Å²) < 4.78 is 13.8. The smallest absolute Gasteiger partial charge is 0.131 e. The molecular formula is C13H8BrCl2F. The van der Waals surface area contributed by atoms with E-state index in [0.29, 0.717) is 26.5 Å². The molecule has 0 spiro atoms. The molecule has 0 radical (unpaired) electrons. The highest BCUT2D eigenvalue weighted by Crippen LogP contribution is 2.33. The summed E-state index contributed by atoms with van der Waals surface area (Å²) >= 11 is 15.3. The van der Waals surface area contributed by atoms with Crippen molar-refractivity contribution in [2.24, 2.45) is 0 Å². The lowest BCUT2D eigenvalue weighted by Gasteiger charge is -2.08. The average Bonchev–Trinajstić information content (AvgIpc) is 2.33. The summed E-state index contributed by atoms with van der Waals surface area (Å²) in [6, 6.07) is 9.94. The zero-order valence-corrected chi connectivity index (χ0v) is 11.8. The SMILES string of the molecule is Fc1ccc(CBr)cc1-c1cc(Cl)ccc1Cl. The number of hydrogen-bond acceptors (Lipinski definition) is 0. The van der Waals surface area contributed by atoms with Crippen LogP contribution in [0, 0.1) is 5.82 Å². The molecule has 0 heterocycles. The van der Waals surface area contributed by atoms with Crippen LogP contribution in [-0.2, 0) is 5.33 Å². The molecule has 0 amide bonds. The van der Waals surface area contributed by atoms with Crippen molar-refractivity contribution in [2.45, 2.75) is 5.33 Å².